The fraction of sp³-hybridized carbons (Fsp3) is 0.650. The summed E-state index contributed by atoms with van der Waals surface area (Å²) in [5.74, 6) is 2.66. The van der Waals surface area contributed by atoms with Gasteiger partial charge in [-0.25, -0.2) is 0 Å². The van der Waals surface area contributed by atoms with Crippen LogP contribution in [0.25, 0.3) is 0 Å². The maximum Gasteiger partial charge on any atom is 0.198 e. The smallest absolute Gasteiger partial charge is 0.198 e. The average Bonchev–Trinajstić information content (AvgIpc) is 2.91. The van der Waals surface area contributed by atoms with Crippen molar-refractivity contribution < 1.29 is 0 Å². The van der Waals surface area contributed by atoms with Gasteiger partial charge in [-0.3, -0.25) is 4.99 Å². The Hall–Kier alpha value is -1.51. The predicted molar refractivity (Wildman–Crippen MR) is 98.9 cm³/mol. The van der Waals surface area contributed by atoms with E-state index in [1.54, 1.807) is 0 Å². The van der Waals surface area contributed by atoms with Crippen molar-refractivity contribution in [1.29, 1.82) is 0 Å². The molecule has 3 nitrogen and oxygen atoms in total. The number of benzene rings is 1. The first-order valence-corrected chi connectivity index (χ1v) is 9.35. The highest BCUT2D eigenvalue weighted by Gasteiger charge is 2.30. The zero-order valence-corrected chi connectivity index (χ0v) is 14.7. The van der Waals surface area contributed by atoms with Crippen LogP contribution in [-0.4, -0.2) is 30.0 Å². The number of aliphatic imine (C=N–C) groups is 1. The Morgan fingerprint density at radius 3 is 2.57 bits per heavy atom. The van der Waals surface area contributed by atoms with E-state index in [0.29, 0.717) is 6.04 Å². The van der Waals surface area contributed by atoms with E-state index in [4.69, 9.17) is 4.99 Å². The second kappa shape index (κ2) is 7.85. The number of anilines is 1. The third-order valence-corrected chi connectivity index (χ3v) is 5.12. The van der Waals surface area contributed by atoms with E-state index in [1.807, 2.05) is 0 Å². The number of nitrogens with one attached hydrogen (secondary N) is 1. The van der Waals surface area contributed by atoms with Gasteiger partial charge in [0.05, 0.1) is 12.6 Å². The largest absolute Gasteiger partial charge is 0.338 e. The van der Waals surface area contributed by atoms with Gasteiger partial charge in [-0.1, -0.05) is 51.3 Å². The summed E-state index contributed by atoms with van der Waals surface area (Å²) in [4.78, 5) is 7.42. The fourth-order valence-electron chi connectivity index (χ4n) is 3.95. The summed E-state index contributed by atoms with van der Waals surface area (Å²) in [5.41, 5.74) is 1.14. The molecule has 1 aromatic rings. The van der Waals surface area contributed by atoms with E-state index in [2.05, 4.69) is 54.4 Å². The van der Waals surface area contributed by atoms with Crippen molar-refractivity contribution in [3.05, 3.63) is 30.3 Å². The monoisotopic (exact) mass is 313 g/mol. The van der Waals surface area contributed by atoms with Crippen LogP contribution in [0.3, 0.4) is 0 Å². The number of nitrogens with zero attached hydrogens (tertiary/aromatic N) is 2. The molecule has 2 aliphatic rings. The standard InChI is InChI=1S/C20H31N3/c1-16(2)13-19-14-21-20(22-18-11-7-4-8-12-18)23(19)15-17-9-5-3-6-10-17/h4,7-8,11-12,16-17,19H,3,5-6,9-10,13-15H2,1-2H3,(H,21,22). The molecule has 1 fully saturated rings. The maximum atomic E-state index is 4.84. The molecule has 0 radical (unpaired) electrons. The molecule has 1 heterocycles. The Kier molecular flexibility index (Phi) is 5.58. The van der Waals surface area contributed by atoms with Crippen molar-refractivity contribution in [2.45, 2.75) is 58.4 Å². The van der Waals surface area contributed by atoms with Crippen LogP contribution >= 0.6 is 0 Å². The average molecular weight is 313 g/mol. The minimum Gasteiger partial charge on any atom is -0.338 e. The first-order chi connectivity index (χ1) is 11.2. The van der Waals surface area contributed by atoms with E-state index >= 15 is 0 Å². The molecule has 0 saturated heterocycles. The number of hydrogen-bond donors (Lipinski definition) is 1. The summed E-state index contributed by atoms with van der Waals surface area (Å²) in [6.45, 7) is 6.76. The number of rotatable bonds is 5. The summed E-state index contributed by atoms with van der Waals surface area (Å²) < 4.78 is 0. The van der Waals surface area contributed by atoms with Gasteiger partial charge in [-0.15, -0.1) is 0 Å². The molecular formula is C20H31N3. The highest BCUT2D eigenvalue weighted by molar-refractivity contribution is 5.95. The predicted octanol–water partition coefficient (Wildman–Crippen LogP) is 4.77. The van der Waals surface area contributed by atoms with Crippen molar-refractivity contribution >= 4 is 11.6 Å². The first-order valence-electron chi connectivity index (χ1n) is 9.35. The Balaban J connectivity index is 1.68. The van der Waals surface area contributed by atoms with Gasteiger partial charge in [-0.05, 0) is 43.2 Å². The van der Waals surface area contributed by atoms with Crippen molar-refractivity contribution in [3.63, 3.8) is 0 Å². The van der Waals surface area contributed by atoms with Crippen molar-refractivity contribution in [1.82, 2.24) is 4.90 Å². The molecule has 3 heteroatoms. The zero-order valence-electron chi connectivity index (χ0n) is 14.7. The van der Waals surface area contributed by atoms with Crippen LogP contribution in [0.4, 0.5) is 5.69 Å². The van der Waals surface area contributed by atoms with Crippen molar-refractivity contribution in [2.24, 2.45) is 16.8 Å². The number of guanidine groups is 1. The number of hydrogen-bond acceptors (Lipinski definition) is 3. The molecule has 23 heavy (non-hydrogen) atoms. The Morgan fingerprint density at radius 1 is 1.13 bits per heavy atom. The van der Waals surface area contributed by atoms with Gasteiger partial charge in [-0.2, -0.15) is 0 Å². The van der Waals surface area contributed by atoms with Crippen LogP contribution in [0, 0.1) is 11.8 Å². The van der Waals surface area contributed by atoms with E-state index in [0.717, 1.165) is 30.0 Å². The normalized spacial score (nSPS) is 22.5. The van der Waals surface area contributed by atoms with Gasteiger partial charge >= 0.3 is 0 Å². The van der Waals surface area contributed by atoms with Gasteiger partial charge < -0.3 is 10.2 Å². The summed E-state index contributed by atoms with van der Waals surface area (Å²) in [6, 6.07) is 11.0. The van der Waals surface area contributed by atoms with Crippen LogP contribution in [0.5, 0.6) is 0 Å². The van der Waals surface area contributed by atoms with Gasteiger partial charge in [0, 0.05) is 12.2 Å². The molecule has 0 spiro atoms. The van der Waals surface area contributed by atoms with Crippen LogP contribution in [-0.2, 0) is 0 Å². The van der Waals surface area contributed by atoms with Crippen LogP contribution in [0.15, 0.2) is 35.3 Å². The molecule has 1 aliphatic carbocycles. The molecule has 0 bridgehead atoms. The summed E-state index contributed by atoms with van der Waals surface area (Å²) >= 11 is 0. The second-order valence-corrected chi connectivity index (χ2v) is 7.60. The summed E-state index contributed by atoms with van der Waals surface area (Å²) in [7, 11) is 0. The third-order valence-electron chi connectivity index (χ3n) is 5.12. The Bertz CT molecular complexity index is 503. The lowest BCUT2D eigenvalue weighted by atomic mass is 9.88. The lowest BCUT2D eigenvalue weighted by Crippen LogP contribution is -2.43. The fourth-order valence-corrected chi connectivity index (χ4v) is 3.95. The quantitative estimate of drug-likeness (QED) is 0.848. The minimum absolute atomic E-state index is 0.572. The molecule has 1 aromatic carbocycles. The van der Waals surface area contributed by atoms with Crippen molar-refractivity contribution in [3.8, 4) is 0 Å². The molecular weight excluding hydrogens is 282 g/mol. The maximum absolute atomic E-state index is 4.84. The van der Waals surface area contributed by atoms with Crippen molar-refractivity contribution in [2.75, 3.05) is 18.4 Å². The molecule has 126 valence electrons. The molecule has 0 amide bonds. The Morgan fingerprint density at radius 2 is 1.87 bits per heavy atom. The van der Waals surface area contributed by atoms with E-state index < -0.39 is 0 Å². The molecule has 1 aliphatic heterocycles. The lowest BCUT2D eigenvalue weighted by Gasteiger charge is -2.34. The molecule has 3 rings (SSSR count). The van der Waals surface area contributed by atoms with Gasteiger partial charge in [0.2, 0.25) is 0 Å². The topological polar surface area (TPSA) is 27.6 Å². The zero-order chi connectivity index (χ0) is 16.1. The lowest BCUT2D eigenvalue weighted by molar-refractivity contribution is 0.227. The van der Waals surface area contributed by atoms with Crippen LogP contribution in [0.1, 0.15) is 52.4 Å². The summed E-state index contributed by atoms with van der Waals surface area (Å²) in [6.07, 6.45) is 8.26. The third kappa shape index (κ3) is 4.49. The van der Waals surface area contributed by atoms with E-state index in [-0.39, 0.29) is 0 Å². The second-order valence-electron chi connectivity index (χ2n) is 7.60. The van der Waals surface area contributed by atoms with E-state index in [9.17, 15) is 0 Å². The molecule has 0 aromatic heterocycles. The van der Waals surface area contributed by atoms with Gasteiger partial charge in [0.1, 0.15) is 0 Å². The molecule has 1 saturated carbocycles. The highest BCUT2D eigenvalue weighted by atomic mass is 15.4. The Labute approximate surface area is 141 Å². The highest BCUT2D eigenvalue weighted by Crippen LogP contribution is 2.28. The van der Waals surface area contributed by atoms with Gasteiger partial charge in [0.15, 0.2) is 5.96 Å². The molecule has 1 atom stereocenters. The number of para-hydroxylation sites is 1. The van der Waals surface area contributed by atoms with Gasteiger partial charge in [0.25, 0.3) is 0 Å². The van der Waals surface area contributed by atoms with Crippen LogP contribution in [0.2, 0.25) is 0 Å². The summed E-state index contributed by atoms with van der Waals surface area (Å²) in [5, 5.41) is 3.56. The first kappa shape index (κ1) is 16.4. The van der Waals surface area contributed by atoms with Crippen LogP contribution < -0.4 is 5.32 Å². The SMILES string of the molecule is CC(C)CC1CN=C(Nc2ccccc2)N1CC1CCCCC1. The minimum atomic E-state index is 0.572. The molecule has 1 N–H and O–H groups in total. The van der Waals surface area contributed by atoms with E-state index in [1.165, 1.54) is 45.1 Å². The molecule has 1 unspecified atom stereocenters.